The SMILES string of the molecule is Cc1ccc(C)c(B2c3ccccc3Oc3ccccc32)c1C. The van der Waals surface area contributed by atoms with Gasteiger partial charge in [0, 0.05) is 0 Å². The summed E-state index contributed by atoms with van der Waals surface area (Å²) in [5, 5.41) is 0. The Kier molecular flexibility index (Phi) is 3.26. The molecular formula is C21H19BO. The highest BCUT2D eigenvalue weighted by molar-refractivity contribution is 6.97. The topological polar surface area (TPSA) is 9.23 Å². The minimum absolute atomic E-state index is 0.232. The molecule has 4 rings (SSSR count). The summed E-state index contributed by atoms with van der Waals surface area (Å²) in [5.41, 5.74) is 7.97. The van der Waals surface area contributed by atoms with Crippen LogP contribution in [0.2, 0.25) is 0 Å². The van der Waals surface area contributed by atoms with Crippen LogP contribution in [0, 0.1) is 20.8 Å². The Balaban J connectivity index is 2.05. The van der Waals surface area contributed by atoms with Crippen molar-refractivity contribution in [3.63, 3.8) is 0 Å². The summed E-state index contributed by atoms with van der Waals surface area (Å²) in [6, 6.07) is 21.3. The number of hydrogen-bond donors (Lipinski definition) is 0. The van der Waals surface area contributed by atoms with Gasteiger partial charge in [0.05, 0.1) is 0 Å². The highest BCUT2D eigenvalue weighted by Gasteiger charge is 2.33. The number of hydrogen-bond acceptors (Lipinski definition) is 1. The molecule has 0 bridgehead atoms. The number of aryl methyl sites for hydroxylation is 2. The maximum atomic E-state index is 6.14. The highest BCUT2D eigenvalue weighted by atomic mass is 16.5. The van der Waals surface area contributed by atoms with Gasteiger partial charge in [-0.15, -0.1) is 0 Å². The quantitative estimate of drug-likeness (QED) is 0.490. The lowest BCUT2D eigenvalue weighted by molar-refractivity contribution is 0.487. The Morgan fingerprint density at radius 3 is 1.78 bits per heavy atom. The maximum absolute atomic E-state index is 6.14. The molecule has 0 aliphatic carbocycles. The molecule has 112 valence electrons. The lowest BCUT2D eigenvalue weighted by Gasteiger charge is -2.28. The van der Waals surface area contributed by atoms with E-state index in [1.807, 2.05) is 12.1 Å². The van der Waals surface area contributed by atoms with E-state index in [0.29, 0.717) is 0 Å². The van der Waals surface area contributed by atoms with Crippen LogP contribution in [0.5, 0.6) is 11.5 Å². The molecule has 1 aliphatic heterocycles. The zero-order valence-electron chi connectivity index (χ0n) is 13.8. The zero-order valence-corrected chi connectivity index (χ0v) is 13.8. The van der Waals surface area contributed by atoms with Crippen LogP contribution in [0.15, 0.2) is 60.7 Å². The standard InChI is InChI=1S/C21H19BO/c1-14-12-13-15(2)21(16(14)3)22-17-8-4-6-10-19(17)23-20-11-7-5-9-18(20)22/h4-13H,1-3H3. The van der Waals surface area contributed by atoms with Crippen LogP contribution < -0.4 is 21.1 Å². The minimum Gasteiger partial charge on any atom is -0.458 e. The molecule has 0 atom stereocenters. The Morgan fingerprint density at radius 2 is 1.17 bits per heavy atom. The molecule has 0 aromatic heterocycles. The second kappa shape index (κ2) is 5.31. The molecule has 2 heteroatoms. The van der Waals surface area contributed by atoms with E-state index in [4.69, 9.17) is 4.74 Å². The van der Waals surface area contributed by atoms with Gasteiger partial charge in [0.25, 0.3) is 6.71 Å². The number of fused-ring (bicyclic) bond motifs is 2. The number of ether oxygens (including phenoxy) is 1. The van der Waals surface area contributed by atoms with Gasteiger partial charge >= 0.3 is 0 Å². The first-order valence-electron chi connectivity index (χ1n) is 8.09. The smallest absolute Gasteiger partial charge is 0.251 e. The molecule has 0 fully saturated rings. The van der Waals surface area contributed by atoms with Crippen molar-refractivity contribution in [3.8, 4) is 11.5 Å². The molecule has 0 saturated carbocycles. The lowest BCUT2D eigenvalue weighted by atomic mass is 9.34. The summed E-state index contributed by atoms with van der Waals surface area (Å²) < 4.78 is 6.14. The van der Waals surface area contributed by atoms with Crippen molar-refractivity contribution >= 4 is 23.1 Å². The average molecular weight is 298 g/mol. The fraction of sp³-hybridized carbons (Fsp3) is 0.143. The molecule has 0 unspecified atom stereocenters. The summed E-state index contributed by atoms with van der Waals surface area (Å²) in [6.07, 6.45) is 0. The van der Waals surface area contributed by atoms with Crippen molar-refractivity contribution in [1.82, 2.24) is 0 Å². The van der Waals surface area contributed by atoms with E-state index in [0.717, 1.165) is 11.5 Å². The largest absolute Gasteiger partial charge is 0.458 e. The van der Waals surface area contributed by atoms with Crippen LogP contribution in [0.25, 0.3) is 0 Å². The van der Waals surface area contributed by atoms with Gasteiger partial charge in [-0.25, -0.2) is 0 Å². The monoisotopic (exact) mass is 298 g/mol. The molecule has 0 spiro atoms. The van der Waals surface area contributed by atoms with E-state index >= 15 is 0 Å². The number of rotatable bonds is 1. The summed E-state index contributed by atoms with van der Waals surface area (Å²) in [4.78, 5) is 0. The van der Waals surface area contributed by atoms with Crippen molar-refractivity contribution in [2.75, 3.05) is 0 Å². The molecule has 0 saturated heterocycles. The summed E-state index contributed by atoms with van der Waals surface area (Å²) in [6.45, 7) is 6.87. The van der Waals surface area contributed by atoms with E-state index in [9.17, 15) is 0 Å². The van der Waals surface area contributed by atoms with Gasteiger partial charge in [0.2, 0.25) is 0 Å². The van der Waals surface area contributed by atoms with E-state index in [2.05, 4.69) is 69.3 Å². The maximum Gasteiger partial charge on any atom is 0.251 e. The first-order chi connectivity index (χ1) is 11.2. The van der Waals surface area contributed by atoms with Gasteiger partial charge in [-0.05, 0) is 49.4 Å². The predicted molar refractivity (Wildman–Crippen MR) is 98.3 cm³/mol. The molecule has 3 aromatic rings. The van der Waals surface area contributed by atoms with Gasteiger partial charge in [-0.3, -0.25) is 0 Å². The van der Waals surface area contributed by atoms with Crippen molar-refractivity contribution < 1.29 is 4.74 Å². The molecule has 1 aliphatic rings. The van der Waals surface area contributed by atoms with Gasteiger partial charge in [-0.2, -0.15) is 0 Å². The summed E-state index contributed by atoms with van der Waals surface area (Å²) >= 11 is 0. The molecule has 23 heavy (non-hydrogen) atoms. The van der Waals surface area contributed by atoms with Gasteiger partial charge < -0.3 is 4.74 Å². The van der Waals surface area contributed by atoms with Gasteiger partial charge in [0.15, 0.2) is 0 Å². The molecule has 0 N–H and O–H groups in total. The Bertz CT molecular complexity index is 853. The Morgan fingerprint density at radius 1 is 0.652 bits per heavy atom. The van der Waals surface area contributed by atoms with Crippen LogP contribution in [0.1, 0.15) is 16.7 Å². The molecule has 1 heterocycles. The zero-order chi connectivity index (χ0) is 16.0. The third-order valence-electron chi connectivity index (χ3n) is 4.97. The van der Waals surface area contributed by atoms with Crippen molar-refractivity contribution in [1.29, 1.82) is 0 Å². The van der Waals surface area contributed by atoms with Crippen LogP contribution in [0.3, 0.4) is 0 Å². The normalized spacial score (nSPS) is 12.4. The molecule has 0 radical (unpaired) electrons. The molecular weight excluding hydrogens is 279 g/mol. The first-order valence-corrected chi connectivity index (χ1v) is 8.09. The van der Waals surface area contributed by atoms with Crippen molar-refractivity contribution in [2.24, 2.45) is 0 Å². The minimum atomic E-state index is 0.232. The van der Waals surface area contributed by atoms with Crippen LogP contribution in [-0.2, 0) is 0 Å². The molecule has 1 nitrogen and oxygen atoms in total. The summed E-state index contributed by atoms with van der Waals surface area (Å²) in [7, 11) is 0. The average Bonchev–Trinajstić information content (AvgIpc) is 2.58. The van der Waals surface area contributed by atoms with E-state index in [1.165, 1.54) is 33.1 Å². The van der Waals surface area contributed by atoms with Crippen LogP contribution in [-0.4, -0.2) is 6.71 Å². The Hall–Kier alpha value is -2.48. The summed E-state index contributed by atoms with van der Waals surface area (Å²) in [5.74, 6) is 1.94. The third kappa shape index (κ3) is 2.17. The van der Waals surface area contributed by atoms with Crippen molar-refractivity contribution in [3.05, 3.63) is 77.4 Å². The second-order valence-electron chi connectivity index (χ2n) is 6.35. The van der Waals surface area contributed by atoms with E-state index in [1.54, 1.807) is 0 Å². The van der Waals surface area contributed by atoms with Crippen molar-refractivity contribution in [2.45, 2.75) is 20.8 Å². The van der Waals surface area contributed by atoms with Crippen LogP contribution >= 0.6 is 0 Å². The molecule has 3 aromatic carbocycles. The Labute approximate surface area is 138 Å². The van der Waals surface area contributed by atoms with Crippen LogP contribution in [0.4, 0.5) is 0 Å². The molecule has 0 amide bonds. The number of para-hydroxylation sites is 2. The lowest BCUT2D eigenvalue weighted by Crippen LogP contribution is -2.56. The predicted octanol–water partition coefficient (Wildman–Crippen LogP) is 3.23. The van der Waals surface area contributed by atoms with Gasteiger partial charge in [0.1, 0.15) is 11.5 Å². The number of benzene rings is 3. The fourth-order valence-electron chi connectivity index (χ4n) is 3.64. The third-order valence-corrected chi connectivity index (χ3v) is 4.97. The van der Waals surface area contributed by atoms with Gasteiger partial charge in [-0.1, -0.05) is 65.1 Å². The fourth-order valence-corrected chi connectivity index (χ4v) is 3.64. The highest BCUT2D eigenvalue weighted by Crippen LogP contribution is 2.24. The second-order valence-corrected chi connectivity index (χ2v) is 6.35. The first kappa shape index (κ1) is 14.1. The van der Waals surface area contributed by atoms with E-state index < -0.39 is 0 Å². The van der Waals surface area contributed by atoms with E-state index in [-0.39, 0.29) is 6.71 Å².